The molecule has 1 aromatic heterocycles. The van der Waals surface area contributed by atoms with Gasteiger partial charge in [-0.15, -0.1) is 10.2 Å². The van der Waals surface area contributed by atoms with Crippen LogP contribution >= 0.6 is 11.6 Å². The summed E-state index contributed by atoms with van der Waals surface area (Å²) < 4.78 is 74.5. The van der Waals surface area contributed by atoms with Crippen molar-refractivity contribution in [2.24, 2.45) is 0 Å². The lowest BCUT2D eigenvalue weighted by molar-refractivity contribution is -0.153. The molecule has 0 amide bonds. The Morgan fingerprint density at radius 1 is 1.06 bits per heavy atom. The van der Waals surface area contributed by atoms with Gasteiger partial charge in [-0.05, 0) is 62.4 Å². The van der Waals surface area contributed by atoms with Gasteiger partial charge in [-0.3, -0.25) is 0 Å². The molecule has 0 spiro atoms. The molecule has 3 aromatic rings. The third-order valence-corrected chi connectivity index (χ3v) is 6.55. The number of hydrogen-bond donors (Lipinski definition) is 0. The van der Waals surface area contributed by atoms with Crippen molar-refractivity contribution in [2.75, 3.05) is 6.61 Å². The zero-order valence-electron chi connectivity index (χ0n) is 17.0. The molecule has 3 rings (SSSR count). The number of nitrogens with zero attached hydrogens (tertiary/aromatic N) is 3. The number of sulfonamides is 1. The number of rotatable bonds is 8. The van der Waals surface area contributed by atoms with Crippen molar-refractivity contribution >= 4 is 21.6 Å². The van der Waals surface area contributed by atoms with Crippen molar-refractivity contribution in [1.29, 1.82) is 0 Å². The summed E-state index contributed by atoms with van der Waals surface area (Å²) in [6, 6.07) is 10.9. The molecule has 1 heterocycles. The molecule has 12 heteroatoms. The Morgan fingerprint density at radius 2 is 1.69 bits per heavy atom. The standard InChI is InChI=1S/C20H19ClF3N3O4S/c1-13(2)27(11-18-25-26-19(31-18)14-3-5-15(21)6-4-14)32(28,29)17-9-7-16(8-10-17)30-12-20(22,23)24/h3-10,13H,11-12H2,1-2H3. The van der Waals surface area contributed by atoms with Crippen molar-refractivity contribution in [1.82, 2.24) is 14.5 Å². The number of halogens is 4. The molecule has 0 aliphatic carbocycles. The Labute approximate surface area is 187 Å². The molecule has 2 aromatic carbocycles. The van der Waals surface area contributed by atoms with Crippen LogP contribution in [0.3, 0.4) is 0 Å². The van der Waals surface area contributed by atoms with Crippen LogP contribution in [-0.2, 0) is 16.6 Å². The number of alkyl halides is 3. The van der Waals surface area contributed by atoms with Gasteiger partial charge in [0.15, 0.2) is 6.61 Å². The summed E-state index contributed by atoms with van der Waals surface area (Å²) >= 11 is 5.87. The Hall–Kier alpha value is -2.63. The largest absolute Gasteiger partial charge is 0.484 e. The van der Waals surface area contributed by atoms with Gasteiger partial charge < -0.3 is 9.15 Å². The van der Waals surface area contributed by atoms with Crippen LogP contribution in [0.1, 0.15) is 19.7 Å². The third kappa shape index (κ3) is 5.99. The van der Waals surface area contributed by atoms with Crippen LogP contribution in [0.4, 0.5) is 13.2 Å². The van der Waals surface area contributed by atoms with Crippen LogP contribution in [0.2, 0.25) is 5.02 Å². The molecule has 0 bridgehead atoms. The van der Waals surface area contributed by atoms with Crippen molar-refractivity contribution in [3.63, 3.8) is 0 Å². The normalized spacial score (nSPS) is 12.5. The second kappa shape index (κ2) is 9.47. The minimum absolute atomic E-state index is 0.0809. The molecule has 0 saturated carbocycles. The van der Waals surface area contributed by atoms with Gasteiger partial charge in [0.2, 0.25) is 21.8 Å². The number of aromatic nitrogens is 2. The van der Waals surface area contributed by atoms with Crippen molar-refractivity contribution in [2.45, 2.75) is 37.5 Å². The molecule has 0 N–H and O–H groups in total. The molecule has 0 radical (unpaired) electrons. The van der Waals surface area contributed by atoms with E-state index in [1.807, 2.05) is 0 Å². The Bertz CT molecular complexity index is 1150. The fourth-order valence-corrected chi connectivity index (χ4v) is 4.43. The Morgan fingerprint density at radius 3 is 2.25 bits per heavy atom. The van der Waals surface area contributed by atoms with E-state index in [1.165, 1.54) is 24.3 Å². The highest BCUT2D eigenvalue weighted by molar-refractivity contribution is 7.89. The first-order chi connectivity index (χ1) is 15.0. The average Bonchev–Trinajstić information content (AvgIpc) is 3.19. The SMILES string of the molecule is CC(C)N(Cc1nnc(-c2ccc(Cl)cc2)o1)S(=O)(=O)c1ccc(OCC(F)(F)F)cc1. The lowest BCUT2D eigenvalue weighted by Crippen LogP contribution is -2.36. The molecular formula is C20H19ClF3N3O4S. The van der Waals surface area contributed by atoms with Crippen LogP contribution < -0.4 is 4.74 Å². The number of ether oxygens (including phenoxy) is 1. The van der Waals surface area contributed by atoms with Crippen LogP contribution in [-0.4, -0.2) is 41.7 Å². The van der Waals surface area contributed by atoms with Crippen molar-refractivity contribution in [3.05, 3.63) is 59.4 Å². The molecule has 32 heavy (non-hydrogen) atoms. The fraction of sp³-hybridized carbons (Fsp3) is 0.300. The van der Waals surface area contributed by atoms with Gasteiger partial charge in [-0.2, -0.15) is 17.5 Å². The van der Waals surface area contributed by atoms with E-state index in [1.54, 1.807) is 38.1 Å². The predicted octanol–water partition coefficient (Wildman–Crippen LogP) is 4.93. The van der Waals surface area contributed by atoms with Crippen LogP contribution in [0.25, 0.3) is 11.5 Å². The minimum Gasteiger partial charge on any atom is -0.484 e. The smallest absolute Gasteiger partial charge is 0.422 e. The maximum absolute atomic E-state index is 13.1. The molecule has 0 unspecified atom stereocenters. The topological polar surface area (TPSA) is 85.5 Å². The molecule has 0 aliphatic heterocycles. The van der Waals surface area contributed by atoms with Crippen molar-refractivity contribution in [3.8, 4) is 17.2 Å². The van der Waals surface area contributed by atoms with Crippen LogP contribution in [0, 0.1) is 0 Å². The van der Waals surface area contributed by atoms with E-state index in [0.717, 1.165) is 4.31 Å². The summed E-state index contributed by atoms with van der Waals surface area (Å²) in [5, 5.41) is 8.41. The quantitative estimate of drug-likeness (QED) is 0.446. The predicted molar refractivity (Wildman–Crippen MR) is 111 cm³/mol. The highest BCUT2D eigenvalue weighted by Crippen LogP contribution is 2.26. The van der Waals surface area contributed by atoms with E-state index in [2.05, 4.69) is 14.9 Å². The summed E-state index contributed by atoms with van der Waals surface area (Å²) in [5.41, 5.74) is 0.626. The van der Waals surface area contributed by atoms with Gasteiger partial charge >= 0.3 is 6.18 Å². The summed E-state index contributed by atoms with van der Waals surface area (Å²) in [6.45, 7) is 1.70. The molecular weight excluding hydrogens is 471 g/mol. The summed E-state index contributed by atoms with van der Waals surface area (Å²) in [6.07, 6.45) is -4.49. The van der Waals surface area contributed by atoms with Gasteiger partial charge in [-0.1, -0.05) is 11.6 Å². The second-order valence-corrected chi connectivity index (χ2v) is 9.35. The lowest BCUT2D eigenvalue weighted by atomic mass is 10.2. The van der Waals surface area contributed by atoms with Crippen LogP contribution in [0.5, 0.6) is 5.75 Å². The van der Waals surface area contributed by atoms with Crippen LogP contribution in [0.15, 0.2) is 57.8 Å². The second-order valence-electron chi connectivity index (χ2n) is 7.03. The van der Waals surface area contributed by atoms with E-state index >= 15 is 0 Å². The van der Waals surface area contributed by atoms with Gasteiger partial charge in [0.25, 0.3) is 0 Å². The summed E-state index contributed by atoms with van der Waals surface area (Å²) in [4.78, 5) is -0.108. The molecule has 0 fully saturated rings. The van der Waals surface area contributed by atoms with E-state index < -0.39 is 28.8 Å². The zero-order valence-corrected chi connectivity index (χ0v) is 18.6. The average molecular weight is 490 g/mol. The van der Waals surface area contributed by atoms with Gasteiger partial charge in [-0.25, -0.2) is 8.42 Å². The maximum atomic E-state index is 13.1. The zero-order chi connectivity index (χ0) is 23.5. The summed E-state index contributed by atoms with van der Waals surface area (Å²) in [7, 11) is -4.01. The van der Waals surface area contributed by atoms with Gasteiger partial charge in [0.1, 0.15) is 5.75 Å². The van der Waals surface area contributed by atoms with Gasteiger partial charge in [0.05, 0.1) is 11.4 Å². The first kappa shape index (κ1) is 24.0. The van der Waals surface area contributed by atoms with E-state index in [4.69, 9.17) is 16.0 Å². The molecule has 0 aliphatic rings. The minimum atomic E-state index is -4.49. The van der Waals surface area contributed by atoms with Gasteiger partial charge in [0, 0.05) is 16.6 Å². The molecule has 0 atom stereocenters. The lowest BCUT2D eigenvalue weighted by Gasteiger charge is -2.24. The molecule has 7 nitrogen and oxygen atoms in total. The monoisotopic (exact) mass is 489 g/mol. The van der Waals surface area contributed by atoms with E-state index in [0.29, 0.717) is 10.6 Å². The maximum Gasteiger partial charge on any atom is 0.422 e. The third-order valence-electron chi connectivity index (χ3n) is 4.26. The Balaban J connectivity index is 1.78. The molecule has 0 saturated heterocycles. The first-order valence-corrected chi connectivity index (χ1v) is 11.2. The van der Waals surface area contributed by atoms with E-state index in [-0.39, 0.29) is 29.0 Å². The molecule has 172 valence electrons. The summed E-state index contributed by atoms with van der Waals surface area (Å²) in [5.74, 6) is 0.197. The highest BCUT2D eigenvalue weighted by Gasteiger charge is 2.30. The van der Waals surface area contributed by atoms with Crippen molar-refractivity contribution < 1.29 is 30.7 Å². The fourth-order valence-electron chi connectivity index (χ4n) is 2.71. The van der Waals surface area contributed by atoms with E-state index in [9.17, 15) is 21.6 Å². The highest BCUT2D eigenvalue weighted by atomic mass is 35.5. The number of hydrogen-bond acceptors (Lipinski definition) is 6. The number of benzene rings is 2. The Kier molecular flexibility index (Phi) is 7.11. The first-order valence-electron chi connectivity index (χ1n) is 9.35.